The molecule has 2 N–H and O–H groups in total. The molecular weight excluding hydrogens is 385 g/mol. The number of para-hydroxylation sites is 1. The summed E-state index contributed by atoms with van der Waals surface area (Å²) in [6, 6.07) is 13.2. The van der Waals surface area contributed by atoms with Crippen LogP contribution in [0.1, 0.15) is 23.2 Å². The summed E-state index contributed by atoms with van der Waals surface area (Å²) in [4.78, 5) is 17.5. The zero-order valence-electron chi connectivity index (χ0n) is 14.8. The van der Waals surface area contributed by atoms with Gasteiger partial charge in [0.05, 0.1) is 17.3 Å². The maximum Gasteiger partial charge on any atom is 0.252 e. The van der Waals surface area contributed by atoms with Crippen LogP contribution in [0, 0.1) is 5.92 Å². The Bertz CT molecular complexity index is 878. The molecule has 144 valence electrons. The van der Waals surface area contributed by atoms with Crippen molar-refractivity contribution in [3.8, 4) is 11.5 Å². The Hall–Kier alpha value is -2.08. The van der Waals surface area contributed by atoms with Crippen LogP contribution in [0.4, 0.5) is 0 Å². The fourth-order valence-electron chi connectivity index (χ4n) is 3.34. The van der Waals surface area contributed by atoms with Gasteiger partial charge >= 0.3 is 0 Å². The maximum atomic E-state index is 12.8. The van der Waals surface area contributed by atoms with Gasteiger partial charge in [0.15, 0.2) is 5.76 Å². The van der Waals surface area contributed by atoms with E-state index in [9.17, 15) is 4.79 Å². The molecule has 1 aliphatic rings. The number of aromatic nitrogens is 1. The van der Waals surface area contributed by atoms with Gasteiger partial charge in [0.25, 0.3) is 5.91 Å². The number of amides is 1. The second kappa shape index (κ2) is 9.74. The van der Waals surface area contributed by atoms with E-state index in [1.54, 1.807) is 6.26 Å². The molecule has 4 rings (SSSR count). The zero-order valence-corrected chi connectivity index (χ0v) is 16.4. The minimum absolute atomic E-state index is 0. The summed E-state index contributed by atoms with van der Waals surface area (Å²) in [7, 11) is 0. The molecule has 1 aliphatic heterocycles. The van der Waals surface area contributed by atoms with Crippen LogP contribution < -0.4 is 10.6 Å². The molecule has 3 aromatic rings. The molecule has 1 saturated heterocycles. The van der Waals surface area contributed by atoms with Crippen molar-refractivity contribution in [2.24, 2.45) is 5.92 Å². The van der Waals surface area contributed by atoms with Gasteiger partial charge in [-0.1, -0.05) is 18.2 Å². The molecule has 1 aromatic carbocycles. The highest BCUT2D eigenvalue weighted by atomic mass is 35.5. The average Bonchev–Trinajstić information content (AvgIpc) is 3.21. The Morgan fingerprint density at radius 3 is 2.81 bits per heavy atom. The van der Waals surface area contributed by atoms with Crippen molar-refractivity contribution in [1.82, 2.24) is 15.6 Å². The summed E-state index contributed by atoms with van der Waals surface area (Å²) < 4.78 is 5.46. The van der Waals surface area contributed by atoms with E-state index in [4.69, 9.17) is 4.42 Å². The van der Waals surface area contributed by atoms with Gasteiger partial charge < -0.3 is 15.1 Å². The molecule has 0 aliphatic carbocycles. The van der Waals surface area contributed by atoms with Crippen LogP contribution in [0.2, 0.25) is 0 Å². The fourth-order valence-corrected chi connectivity index (χ4v) is 3.34. The Balaban J connectivity index is 0.00000131. The first kappa shape index (κ1) is 21.2. The number of nitrogens with one attached hydrogen (secondary N) is 2. The summed E-state index contributed by atoms with van der Waals surface area (Å²) in [6.07, 6.45) is 3.94. The van der Waals surface area contributed by atoms with Gasteiger partial charge in [-0.25, -0.2) is 4.98 Å². The van der Waals surface area contributed by atoms with E-state index < -0.39 is 0 Å². The van der Waals surface area contributed by atoms with Crippen LogP contribution in [-0.4, -0.2) is 30.5 Å². The highest BCUT2D eigenvalue weighted by Gasteiger charge is 2.17. The molecular formula is C20H23Cl2N3O2. The third kappa shape index (κ3) is 4.80. The molecule has 0 bridgehead atoms. The summed E-state index contributed by atoms with van der Waals surface area (Å²) in [5.41, 5.74) is 2.11. The number of furan rings is 1. The van der Waals surface area contributed by atoms with Gasteiger partial charge in [0.2, 0.25) is 0 Å². The minimum Gasteiger partial charge on any atom is -0.463 e. The molecule has 3 heterocycles. The lowest BCUT2D eigenvalue weighted by molar-refractivity contribution is 0.0946. The van der Waals surface area contributed by atoms with Crippen LogP contribution in [0.5, 0.6) is 0 Å². The van der Waals surface area contributed by atoms with Crippen molar-refractivity contribution in [2.75, 3.05) is 19.6 Å². The van der Waals surface area contributed by atoms with Crippen LogP contribution in [0.15, 0.2) is 53.1 Å². The fraction of sp³-hybridized carbons (Fsp3) is 0.300. The van der Waals surface area contributed by atoms with Crippen LogP contribution >= 0.6 is 24.8 Å². The zero-order chi connectivity index (χ0) is 17.1. The number of fused-ring (bicyclic) bond motifs is 1. The highest BCUT2D eigenvalue weighted by Crippen LogP contribution is 2.25. The predicted molar refractivity (Wildman–Crippen MR) is 112 cm³/mol. The molecule has 7 heteroatoms. The van der Waals surface area contributed by atoms with Crippen LogP contribution in [-0.2, 0) is 0 Å². The van der Waals surface area contributed by atoms with Gasteiger partial charge in [-0.05, 0) is 56.1 Å². The number of pyridine rings is 1. The first-order valence-electron chi connectivity index (χ1n) is 8.74. The van der Waals surface area contributed by atoms with Crippen molar-refractivity contribution in [3.05, 3.63) is 54.3 Å². The van der Waals surface area contributed by atoms with E-state index in [1.807, 2.05) is 42.5 Å². The van der Waals surface area contributed by atoms with E-state index >= 15 is 0 Å². The number of carbonyl (C=O) groups excluding carboxylic acids is 1. The number of hydrogen-bond acceptors (Lipinski definition) is 4. The van der Waals surface area contributed by atoms with Crippen molar-refractivity contribution < 1.29 is 9.21 Å². The molecule has 0 saturated carbocycles. The van der Waals surface area contributed by atoms with Gasteiger partial charge in [0, 0.05) is 11.9 Å². The normalized spacial score (nSPS) is 16.2. The standard InChI is InChI=1S/C20H21N3O2.2ClH/c24-20(22-13-14-5-3-9-21-12-14)16-11-18(19-8-4-10-25-19)23-17-7-2-1-6-15(16)17;;/h1-2,4,6-8,10-11,14,21H,3,5,9,12-13H2,(H,22,24);2*1H. The summed E-state index contributed by atoms with van der Waals surface area (Å²) in [6.45, 7) is 2.74. The Morgan fingerprint density at radius 1 is 1.22 bits per heavy atom. The lowest BCUT2D eigenvalue weighted by atomic mass is 9.99. The lowest BCUT2D eigenvalue weighted by Gasteiger charge is -2.23. The number of carbonyl (C=O) groups is 1. The summed E-state index contributed by atoms with van der Waals surface area (Å²) in [5, 5.41) is 7.34. The third-order valence-corrected chi connectivity index (χ3v) is 4.68. The number of benzene rings is 1. The Kier molecular flexibility index (Phi) is 7.66. The topological polar surface area (TPSA) is 67.2 Å². The third-order valence-electron chi connectivity index (χ3n) is 4.68. The largest absolute Gasteiger partial charge is 0.463 e. The monoisotopic (exact) mass is 407 g/mol. The van der Waals surface area contributed by atoms with Gasteiger partial charge in [0.1, 0.15) is 5.69 Å². The van der Waals surface area contributed by atoms with E-state index in [0.717, 1.165) is 30.4 Å². The first-order chi connectivity index (χ1) is 12.3. The molecule has 1 amide bonds. The van der Waals surface area contributed by atoms with Gasteiger partial charge in [-0.15, -0.1) is 24.8 Å². The summed E-state index contributed by atoms with van der Waals surface area (Å²) in [5.74, 6) is 1.10. The SMILES string of the molecule is Cl.Cl.O=C(NCC1CCCNC1)c1cc(-c2ccco2)nc2ccccc12. The van der Waals surface area contributed by atoms with Crippen molar-refractivity contribution in [2.45, 2.75) is 12.8 Å². The molecule has 1 fully saturated rings. The maximum absolute atomic E-state index is 12.8. The van der Waals surface area contributed by atoms with E-state index in [2.05, 4.69) is 15.6 Å². The molecule has 1 atom stereocenters. The van der Waals surface area contributed by atoms with E-state index in [0.29, 0.717) is 29.5 Å². The number of halogens is 2. The second-order valence-electron chi connectivity index (χ2n) is 6.47. The number of rotatable bonds is 4. The molecule has 5 nitrogen and oxygen atoms in total. The van der Waals surface area contributed by atoms with Gasteiger partial charge in [-0.2, -0.15) is 0 Å². The minimum atomic E-state index is -0.0584. The van der Waals surface area contributed by atoms with Crippen molar-refractivity contribution >= 4 is 41.6 Å². The Labute approximate surface area is 170 Å². The van der Waals surface area contributed by atoms with Crippen LogP contribution in [0.25, 0.3) is 22.4 Å². The first-order valence-corrected chi connectivity index (χ1v) is 8.74. The number of nitrogens with zero attached hydrogens (tertiary/aromatic N) is 1. The quantitative estimate of drug-likeness (QED) is 0.683. The number of piperidine rings is 1. The van der Waals surface area contributed by atoms with Crippen LogP contribution in [0.3, 0.4) is 0 Å². The number of hydrogen-bond donors (Lipinski definition) is 2. The van der Waals surface area contributed by atoms with E-state index in [1.165, 1.54) is 6.42 Å². The predicted octanol–water partition coefficient (Wildman–Crippen LogP) is 4.07. The lowest BCUT2D eigenvalue weighted by Crippen LogP contribution is -2.38. The molecule has 1 unspecified atom stereocenters. The molecule has 0 spiro atoms. The second-order valence-corrected chi connectivity index (χ2v) is 6.47. The van der Waals surface area contributed by atoms with Gasteiger partial charge in [-0.3, -0.25) is 4.79 Å². The van der Waals surface area contributed by atoms with Crippen molar-refractivity contribution in [1.29, 1.82) is 0 Å². The van der Waals surface area contributed by atoms with E-state index in [-0.39, 0.29) is 30.7 Å². The molecule has 0 radical (unpaired) electrons. The average molecular weight is 408 g/mol. The smallest absolute Gasteiger partial charge is 0.252 e. The Morgan fingerprint density at radius 2 is 2.07 bits per heavy atom. The molecule has 2 aromatic heterocycles. The van der Waals surface area contributed by atoms with Crippen molar-refractivity contribution in [3.63, 3.8) is 0 Å². The highest BCUT2D eigenvalue weighted by molar-refractivity contribution is 6.07. The molecule has 27 heavy (non-hydrogen) atoms. The summed E-state index contributed by atoms with van der Waals surface area (Å²) >= 11 is 0.